The third-order valence-electron chi connectivity index (χ3n) is 3.53. The number of aromatic nitrogens is 1. The molecule has 1 amide bonds. The van der Waals surface area contributed by atoms with Crippen LogP contribution in [0.2, 0.25) is 0 Å². The molecule has 2 unspecified atom stereocenters. The van der Waals surface area contributed by atoms with Crippen molar-refractivity contribution in [1.29, 1.82) is 0 Å². The molecule has 0 aliphatic carbocycles. The van der Waals surface area contributed by atoms with Gasteiger partial charge in [-0.15, -0.1) is 11.3 Å². The zero-order valence-electron chi connectivity index (χ0n) is 12.2. The van der Waals surface area contributed by atoms with E-state index in [0.29, 0.717) is 6.42 Å². The minimum Gasteiger partial charge on any atom is -0.481 e. The number of nitrogens with zero attached hydrogens (tertiary/aromatic N) is 2. The molecule has 2 atom stereocenters. The molecule has 6 heteroatoms. The largest absolute Gasteiger partial charge is 0.481 e. The van der Waals surface area contributed by atoms with Crippen LogP contribution in [-0.2, 0) is 9.59 Å². The summed E-state index contributed by atoms with van der Waals surface area (Å²) in [6.07, 6.45) is 0.666. The summed E-state index contributed by atoms with van der Waals surface area (Å²) in [5.41, 5.74) is 0.441. The summed E-state index contributed by atoms with van der Waals surface area (Å²) in [5.74, 6) is -1.44. The van der Waals surface area contributed by atoms with E-state index in [9.17, 15) is 14.7 Å². The van der Waals surface area contributed by atoms with Gasteiger partial charge >= 0.3 is 5.97 Å². The van der Waals surface area contributed by atoms with Gasteiger partial charge in [0.25, 0.3) is 0 Å². The number of carboxylic acids is 1. The van der Waals surface area contributed by atoms with Crippen molar-refractivity contribution in [2.24, 2.45) is 5.92 Å². The molecule has 1 aromatic heterocycles. The summed E-state index contributed by atoms with van der Waals surface area (Å²) in [6, 6.07) is -0.465. The summed E-state index contributed by atoms with van der Waals surface area (Å²) < 4.78 is 0. The Morgan fingerprint density at radius 3 is 2.60 bits per heavy atom. The second-order valence-corrected chi connectivity index (χ2v) is 7.08. The smallest absolute Gasteiger partial charge is 0.309 e. The Labute approximate surface area is 122 Å². The molecule has 1 aliphatic heterocycles. The standard InChI is InChI=1S/C14H20N2O3S/c1-8-7-20-12(15-8)11-9(13(18)19)5-6-10(17)16(11)14(2,3)4/h7,9,11H,5-6H2,1-4H3,(H,18,19). The number of carboxylic acid groups (broad SMARTS) is 1. The fourth-order valence-corrected chi connectivity index (χ4v) is 3.68. The molecule has 2 heterocycles. The van der Waals surface area contributed by atoms with E-state index in [4.69, 9.17) is 0 Å². The topological polar surface area (TPSA) is 70.5 Å². The highest BCUT2D eigenvalue weighted by atomic mass is 32.1. The van der Waals surface area contributed by atoms with Crippen molar-refractivity contribution in [1.82, 2.24) is 9.88 Å². The first-order chi connectivity index (χ1) is 9.21. The van der Waals surface area contributed by atoms with E-state index in [1.165, 1.54) is 11.3 Å². The molecule has 1 saturated heterocycles. The fourth-order valence-electron chi connectivity index (χ4n) is 2.73. The van der Waals surface area contributed by atoms with E-state index in [1.54, 1.807) is 4.90 Å². The van der Waals surface area contributed by atoms with E-state index < -0.39 is 23.5 Å². The van der Waals surface area contributed by atoms with Crippen molar-refractivity contribution >= 4 is 23.2 Å². The third-order valence-corrected chi connectivity index (χ3v) is 4.56. The lowest BCUT2D eigenvalue weighted by Crippen LogP contribution is -2.53. The van der Waals surface area contributed by atoms with Crippen molar-refractivity contribution in [3.05, 3.63) is 16.1 Å². The first kappa shape index (κ1) is 15.0. The monoisotopic (exact) mass is 296 g/mol. The molecule has 5 nitrogen and oxygen atoms in total. The molecule has 1 N–H and O–H groups in total. The average Bonchev–Trinajstić information content (AvgIpc) is 2.73. The average molecular weight is 296 g/mol. The SMILES string of the molecule is Cc1csc(C2C(C(=O)O)CCC(=O)N2C(C)(C)C)n1. The molecule has 0 bridgehead atoms. The van der Waals surface area contributed by atoms with E-state index in [-0.39, 0.29) is 12.3 Å². The van der Waals surface area contributed by atoms with Gasteiger partial charge in [0.15, 0.2) is 0 Å². The molecule has 110 valence electrons. The van der Waals surface area contributed by atoms with Gasteiger partial charge in [0.1, 0.15) is 5.01 Å². The maximum Gasteiger partial charge on any atom is 0.309 e. The Hall–Kier alpha value is -1.43. The molecule has 0 aromatic carbocycles. The minimum atomic E-state index is -0.857. The number of hydrogen-bond donors (Lipinski definition) is 1. The Balaban J connectivity index is 2.50. The van der Waals surface area contributed by atoms with Gasteiger partial charge in [0.05, 0.1) is 12.0 Å². The van der Waals surface area contributed by atoms with Crippen molar-refractivity contribution in [2.45, 2.75) is 52.1 Å². The molecule has 2 rings (SSSR count). The number of carbonyl (C=O) groups excluding carboxylic acids is 1. The van der Waals surface area contributed by atoms with Gasteiger partial charge in [-0.1, -0.05) is 0 Å². The van der Waals surface area contributed by atoms with Crippen molar-refractivity contribution in [3.63, 3.8) is 0 Å². The third kappa shape index (κ3) is 2.70. The van der Waals surface area contributed by atoms with E-state index in [0.717, 1.165) is 10.7 Å². The predicted octanol–water partition coefficient (Wildman–Crippen LogP) is 2.61. The highest BCUT2D eigenvalue weighted by Crippen LogP contribution is 2.41. The highest BCUT2D eigenvalue weighted by Gasteiger charge is 2.46. The Morgan fingerprint density at radius 1 is 1.50 bits per heavy atom. The van der Waals surface area contributed by atoms with Gasteiger partial charge in [-0.25, -0.2) is 4.98 Å². The first-order valence-corrected chi connectivity index (χ1v) is 7.57. The predicted molar refractivity (Wildman–Crippen MR) is 76.6 cm³/mol. The summed E-state index contributed by atoms with van der Waals surface area (Å²) in [5, 5.41) is 12.1. The first-order valence-electron chi connectivity index (χ1n) is 6.69. The lowest BCUT2D eigenvalue weighted by Gasteiger charge is -2.46. The summed E-state index contributed by atoms with van der Waals surface area (Å²) in [7, 11) is 0. The van der Waals surface area contributed by atoms with E-state index in [1.807, 2.05) is 33.1 Å². The summed E-state index contributed by atoms with van der Waals surface area (Å²) in [4.78, 5) is 30.0. The lowest BCUT2D eigenvalue weighted by atomic mass is 9.85. The number of likely N-dealkylation sites (tertiary alicyclic amines) is 1. The van der Waals surface area contributed by atoms with E-state index in [2.05, 4.69) is 4.98 Å². The molecule has 0 saturated carbocycles. The molecule has 0 radical (unpaired) electrons. The zero-order chi connectivity index (χ0) is 15.1. The van der Waals surface area contributed by atoms with E-state index >= 15 is 0 Å². The second-order valence-electron chi connectivity index (χ2n) is 6.19. The van der Waals surface area contributed by atoms with Gasteiger partial charge in [0, 0.05) is 23.0 Å². The molecular weight excluding hydrogens is 276 g/mol. The van der Waals surface area contributed by atoms with Crippen LogP contribution in [0.5, 0.6) is 0 Å². The summed E-state index contributed by atoms with van der Waals surface area (Å²) in [6.45, 7) is 7.68. The fraction of sp³-hybridized carbons (Fsp3) is 0.643. The number of thiazole rings is 1. The second kappa shape index (κ2) is 5.16. The zero-order valence-corrected chi connectivity index (χ0v) is 13.0. The van der Waals surface area contributed by atoms with Gasteiger partial charge in [-0.05, 0) is 34.1 Å². The van der Waals surface area contributed by atoms with Gasteiger partial charge in [-0.3, -0.25) is 9.59 Å². The summed E-state index contributed by atoms with van der Waals surface area (Å²) >= 11 is 1.43. The molecule has 0 spiro atoms. The quantitative estimate of drug-likeness (QED) is 0.910. The van der Waals surface area contributed by atoms with Crippen LogP contribution in [0.15, 0.2) is 5.38 Å². The maximum absolute atomic E-state index is 12.3. The Morgan fingerprint density at radius 2 is 2.15 bits per heavy atom. The van der Waals surface area contributed by atoms with Crippen LogP contribution in [0.25, 0.3) is 0 Å². The Bertz CT molecular complexity index is 533. The number of aryl methyl sites for hydroxylation is 1. The molecule has 1 aromatic rings. The number of rotatable bonds is 2. The van der Waals surface area contributed by atoms with Crippen LogP contribution >= 0.6 is 11.3 Å². The highest BCUT2D eigenvalue weighted by molar-refractivity contribution is 7.09. The normalized spacial score (nSPS) is 24.0. The molecule has 1 fully saturated rings. The molecule has 20 heavy (non-hydrogen) atoms. The van der Waals surface area contributed by atoms with Crippen LogP contribution < -0.4 is 0 Å². The van der Waals surface area contributed by atoms with Gasteiger partial charge in [0.2, 0.25) is 5.91 Å². The van der Waals surface area contributed by atoms with Crippen molar-refractivity contribution < 1.29 is 14.7 Å². The number of piperidine rings is 1. The number of aliphatic carboxylic acids is 1. The van der Waals surface area contributed by atoms with Gasteiger partial charge < -0.3 is 10.0 Å². The number of amides is 1. The molecular formula is C14H20N2O3S. The maximum atomic E-state index is 12.3. The van der Waals surface area contributed by atoms with Crippen molar-refractivity contribution in [2.75, 3.05) is 0 Å². The Kier molecular flexibility index (Phi) is 3.86. The minimum absolute atomic E-state index is 0.00727. The van der Waals surface area contributed by atoms with Crippen LogP contribution in [0, 0.1) is 12.8 Å². The lowest BCUT2D eigenvalue weighted by molar-refractivity contribution is -0.156. The van der Waals surface area contributed by atoms with Gasteiger partial charge in [-0.2, -0.15) is 0 Å². The van der Waals surface area contributed by atoms with Crippen LogP contribution in [0.4, 0.5) is 0 Å². The van der Waals surface area contributed by atoms with Crippen molar-refractivity contribution in [3.8, 4) is 0 Å². The van der Waals surface area contributed by atoms with Crippen LogP contribution in [0.3, 0.4) is 0 Å². The van der Waals surface area contributed by atoms with Crippen LogP contribution in [0.1, 0.15) is 50.4 Å². The number of hydrogen-bond acceptors (Lipinski definition) is 4. The molecule has 1 aliphatic rings. The number of carbonyl (C=O) groups is 2. The van der Waals surface area contributed by atoms with Crippen LogP contribution in [-0.4, -0.2) is 32.4 Å².